The van der Waals surface area contributed by atoms with Gasteiger partial charge in [-0.2, -0.15) is 11.8 Å². The van der Waals surface area contributed by atoms with Crippen LogP contribution in [-0.4, -0.2) is 41.1 Å². The second-order valence-electron chi connectivity index (χ2n) is 4.55. The molecule has 3 N–H and O–H groups in total. The number of amides is 1. The molecule has 108 valence electrons. The largest absolute Gasteiger partial charge is 0.481 e. The molecule has 1 aromatic carbocycles. The van der Waals surface area contributed by atoms with E-state index in [0.717, 1.165) is 16.0 Å². The molecule has 1 heterocycles. The van der Waals surface area contributed by atoms with Crippen molar-refractivity contribution in [1.29, 1.82) is 0 Å². The van der Waals surface area contributed by atoms with Crippen LogP contribution in [-0.2, 0) is 4.79 Å². The number of halogens is 1. The van der Waals surface area contributed by atoms with Crippen LogP contribution in [0.1, 0.15) is 16.8 Å². The molecule has 1 fully saturated rings. The topological polar surface area (TPSA) is 83.6 Å². The maximum absolute atomic E-state index is 11.6. The smallest absolute Gasteiger partial charge is 0.305 e. The van der Waals surface area contributed by atoms with Gasteiger partial charge in [-0.25, -0.2) is 0 Å². The predicted molar refractivity (Wildman–Crippen MR) is 83.4 cm³/mol. The number of carboxylic acids is 1. The number of thioether (sulfide) groups is 1. The van der Waals surface area contributed by atoms with Crippen molar-refractivity contribution >= 4 is 45.3 Å². The summed E-state index contributed by atoms with van der Waals surface area (Å²) in [4.78, 5) is 24.5. The van der Waals surface area contributed by atoms with Crippen molar-refractivity contribution in [2.45, 2.75) is 12.5 Å². The average molecular weight is 359 g/mol. The highest BCUT2D eigenvalue weighted by Gasteiger charge is 2.27. The molecule has 1 amide bonds. The number of rotatable bonds is 4. The van der Waals surface area contributed by atoms with Gasteiger partial charge in [-0.05, 0) is 18.2 Å². The van der Waals surface area contributed by atoms with Crippen LogP contribution in [0.4, 0.5) is 5.69 Å². The molecule has 1 atom stereocenters. The second kappa shape index (κ2) is 6.49. The fourth-order valence-corrected chi connectivity index (χ4v) is 3.70. The zero-order valence-electron chi connectivity index (χ0n) is 10.7. The fraction of sp³-hybridized carbons (Fsp3) is 0.385. The minimum atomic E-state index is -0.835. The first-order chi connectivity index (χ1) is 9.49. The van der Waals surface area contributed by atoms with Crippen LogP contribution in [0, 0.1) is 0 Å². The number of carboxylic acid groups (broad SMARTS) is 1. The molecule has 0 radical (unpaired) electrons. The Morgan fingerprint density at radius 1 is 1.50 bits per heavy atom. The second-order valence-corrected chi connectivity index (χ2v) is 6.61. The van der Waals surface area contributed by atoms with E-state index in [2.05, 4.69) is 15.9 Å². The normalized spacial score (nSPS) is 18.9. The lowest BCUT2D eigenvalue weighted by atomic mass is 10.1. The maximum atomic E-state index is 11.6. The molecule has 0 aliphatic carbocycles. The number of aliphatic carboxylic acids is 1. The molecule has 2 rings (SSSR count). The van der Waals surface area contributed by atoms with Gasteiger partial charge < -0.3 is 15.7 Å². The molecule has 0 saturated carbocycles. The molecule has 1 unspecified atom stereocenters. The fourth-order valence-electron chi connectivity index (χ4n) is 2.29. The van der Waals surface area contributed by atoms with Crippen LogP contribution in [0.2, 0.25) is 0 Å². The third-order valence-electron chi connectivity index (χ3n) is 3.17. The van der Waals surface area contributed by atoms with E-state index in [1.807, 2.05) is 11.0 Å². The molecule has 1 aliphatic rings. The molecule has 1 saturated heterocycles. The van der Waals surface area contributed by atoms with Crippen molar-refractivity contribution in [3.05, 3.63) is 28.2 Å². The first kappa shape index (κ1) is 15.2. The van der Waals surface area contributed by atoms with Crippen LogP contribution >= 0.6 is 27.7 Å². The number of carbonyl (C=O) groups excluding carboxylic acids is 1. The summed E-state index contributed by atoms with van der Waals surface area (Å²) in [7, 11) is 0. The van der Waals surface area contributed by atoms with Crippen LogP contribution < -0.4 is 10.6 Å². The Balaban J connectivity index is 2.38. The minimum absolute atomic E-state index is 0.0533. The van der Waals surface area contributed by atoms with Crippen LogP contribution in [0.25, 0.3) is 0 Å². The van der Waals surface area contributed by atoms with Crippen molar-refractivity contribution in [1.82, 2.24) is 0 Å². The van der Waals surface area contributed by atoms with E-state index in [9.17, 15) is 9.59 Å². The minimum Gasteiger partial charge on any atom is -0.481 e. The first-order valence-electron chi connectivity index (χ1n) is 6.14. The summed E-state index contributed by atoms with van der Waals surface area (Å²) in [6.45, 7) is 0.708. The third kappa shape index (κ3) is 3.46. The Morgan fingerprint density at radius 2 is 2.25 bits per heavy atom. The van der Waals surface area contributed by atoms with Crippen molar-refractivity contribution in [2.75, 3.05) is 23.0 Å². The summed E-state index contributed by atoms with van der Waals surface area (Å²) in [5, 5.41) is 9.03. The lowest BCUT2D eigenvalue weighted by Gasteiger charge is -2.37. The Labute approximate surface area is 129 Å². The van der Waals surface area contributed by atoms with Crippen LogP contribution in [0.15, 0.2) is 22.7 Å². The average Bonchev–Trinajstić information content (AvgIpc) is 2.38. The molecule has 0 aromatic heterocycles. The lowest BCUT2D eigenvalue weighted by Crippen LogP contribution is -2.44. The zero-order chi connectivity index (χ0) is 14.7. The Bertz CT molecular complexity index is 538. The molecule has 1 aliphatic heterocycles. The highest BCUT2D eigenvalue weighted by Crippen LogP contribution is 2.31. The van der Waals surface area contributed by atoms with E-state index in [0.29, 0.717) is 17.8 Å². The number of carbonyl (C=O) groups is 2. The van der Waals surface area contributed by atoms with E-state index in [-0.39, 0.29) is 12.5 Å². The summed E-state index contributed by atoms with van der Waals surface area (Å²) in [6.07, 6.45) is 0.0533. The van der Waals surface area contributed by atoms with Gasteiger partial charge in [-0.1, -0.05) is 15.9 Å². The summed E-state index contributed by atoms with van der Waals surface area (Å²) in [5.41, 5.74) is 6.55. The number of nitrogens with two attached hydrogens (primary N) is 1. The van der Waals surface area contributed by atoms with Gasteiger partial charge in [0, 0.05) is 28.6 Å². The number of benzene rings is 1. The van der Waals surface area contributed by atoms with Gasteiger partial charge in [0.05, 0.1) is 17.7 Å². The van der Waals surface area contributed by atoms with E-state index < -0.39 is 11.9 Å². The number of hydrogen-bond acceptors (Lipinski definition) is 4. The van der Waals surface area contributed by atoms with Gasteiger partial charge in [0.1, 0.15) is 0 Å². The molecule has 0 spiro atoms. The number of hydrogen-bond donors (Lipinski definition) is 2. The van der Waals surface area contributed by atoms with E-state index >= 15 is 0 Å². The predicted octanol–water partition coefficient (Wildman–Crippen LogP) is 1.94. The van der Waals surface area contributed by atoms with Crippen molar-refractivity contribution in [3.8, 4) is 0 Å². The Morgan fingerprint density at radius 3 is 2.90 bits per heavy atom. The molecule has 0 bridgehead atoms. The Kier molecular flexibility index (Phi) is 4.93. The van der Waals surface area contributed by atoms with Crippen molar-refractivity contribution in [3.63, 3.8) is 0 Å². The summed E-state index contributed by atoms with van der Waals surface area (Å²) in [6, 6.07) is 5.12. The molecule has 5 nitrogen and oxygen atoms in total. The molecule has 1 aromatic rings. The van der Waals surface area contributed by atoms with E-state index in [1.165, 1.54) is 0 Å². The standard InChI is InChI=1S/C13H15BrN2O3S/c14-8-1-2-10(13(15)19)11(5-8)16-3-4-20-7-9(16)6-12(17)18/h1-2,5,9H,3-4,6-7H2,(H2,15,19)(H,17,18). The lowest BCUT2D eigenvalue weighted by molar-refractivity contribution is -0.137. The summed E-state index contributed by atoms with van der Waals surface area (Å²) < 4.78 is 0.838. The number of anilines is 1. The molecule has 7 heteroatoms. The zero-order valence-corrected chi connectivity index (χ0v) is 13.1. The van der Waals surface area contributed by atoms with E-state index in [1.54, 1.807) is 23.9 Å². The third-order valence-corrected chi connectivity index (χ3v) is 4.76. The van der Waals surface area contributed by atoms with Crippen LogP contribution in [0.3, 0.4) is 0 Å². The highest BCUT2D eigenvalue weighted by atomic mass is 79.9. The highest BCUT2D eigenvalue weighted by molar-refractivity contribution is 9.10. The van der Waals surface area contributed by atoms with Crippen molar-refractivity contribution < 1.29 is 14.7 Å². The monoisotopic (exact) mass is 358 g/mol. The number of primary amides is 1. The summed E-state index contributed by atoms with van der Waals surface area (Å²) in [5.74, 6) is 0.301. The van der Waals surface area contributed by atoms with Crippen LogP contribution in [0.5, 0.6) is 0 Å². The van der Waals surface area contributed by atoms with Crippen molar-refractivity contribution in [2.24, 2.45) is 5.73 Å². The van der Waals surface area contributed by atoms with Gasteiger partial charge in [-0.3, -0.25) is 9.59 Å². The van der Waals surface area contributed by atoms with Gasteiger partial charge in [0.25, 0.3) is 5.91 Å². The number of nitrogens with zero attached hydrogens (tertiary/aromatic N) is 1. The van der Waals surface area contributed by atoms with Gasteiger partial charge >= 0.3 is 5.97 Å². The molecular formula is C13H15BrN2O3S. The summed E-state index contributed by atoms with van der Waals surface area (Å²) >= 11 is 5.11. The quantitative estimate of drug-likeness (QED) is 0.859. The maximum Gasteiger partial charge on any atom is 0.305 e. The Hall–Kier alpha value is -1.21. The first-order valence-corrected chi connectivity index (χ1v) is 8.09. The molecular weight excluding hydrogens is 344 g/mol. The SMILES string of the molecule is NC(=O)c1ccc(Br)cc1N1CCSCC1CC(=O)O. The van der Waals surface area contributed by atoms with Gasteiger partial charge in [0.15, 0.2) is 0 Å². The molecule has 20 heavy (non-hydrogen) atoms. The van der Waals surface area contributed by atoms with Gasteiger partial charge in [0.2, 0.25) is 0 Å². The van der Waals surface area contributed by atoms with Gasteiger partial charge in [-0.15, -0.1) is 0 Å². The van der Waals surface area contributed by atoms with E-state index in [4.69, 9.17) is 10.8 Å².